The van der Waals surface area contributed by atoms with Gasteiger partial charge in [-0.25, -0.2) is 4.79 Å². The number of carbonyl (C=O) groups excluding carboxylic acids is 1. The second-order valence-electron chi connectivity index (χ2n) is 7.11. The minimum atomic E-state index is -0.547. The van der Waals surface area contributed by atoms with Crippen LogP contribution in [0.4, 0.5) is 0 Å². The summed E-state index contributed by atoms with van der Waals surface area (Å²) in [5.74, 6) is 0.150. The predicted molar refractivity (Wildman–Crippen MR) is 75.9 cm³/mol. The first-order valence-electron chi connectivity index (χ1n) is 7.69. The van der Waals surface area contributed by atoms with Crippen molar-refractivity contribution >= 4 is 5.97 Å². The van der Waals surface area contributed by atoms with Gasteiger partial charge < -0.3 is 14.9 Å². The Morgan fingerprint density at radius 1 is 1.29 bits per heavy atom. The zero-order valence-corrected chi connectivity index (χ0v) is 12.1. The first kappa shape index (κ1) is 13.1. The van der Waals surface area contributed by atoms with E-state index in [4.69, 9.17) is 4.74 Å². The fraction of sp³-hybridized carbons (Fsp3) is 0.588. The molecule has 4 rings (SSSR count). The third-order valence-electron chi connectivity index (χ3n) is 6.13. The van der Waals surface area contributed by atoms with Crippen LogP contribution in [0.2, 0.25) is 0 Å². The number of ether oxygens (including phenoxy) is 1. The number of aliphatic hydroxyl groups excluding tert-OH is 1. The molecule has 3 aliphatic rings. The summed E-state index contributed by atoms with van der Waals surface area (Å²) in [6.45, 7) is 2.16. The molecule has 0 radical (unpaired) electrons. The topological polar surface area (TPSA) is 66.8 Å². The first-order valence-corrected chi connectivity index (χ1v) is 7.69. The molecule has 21 heavy (non-hydrogen) atoms. The smallest absolute Gasteiger partial charge is 0.339 e. The van der Waals surface area contributed by atoms with E-state index in [1.165, 1.54) is 6.07 Å². The SMILES string of the molecule is C[C@]12CC[C@]3(C[C@H]1CC[C@@H]2O)OC(=O)c1cc(O)ccc13. The fourth-order valence-corrected chi connectivity index (χ4v) is 4.69. The number of phenolic OH excluding ortho intramolecular Hbond substituents is 1. The van der Waals surface area contributed by atoms with Crippen LogP contribution < -0.4 is 0 Å². The highest BCUT2D eigenvalue weighted by Gasteiger charge is 2.57. The minimum Gasteiger partial charge on any atom is -0.508 e. The fourth-order valence-electron chi connectivity index (χ4n) is 4.69. The highest BCUT2D eigenvalue weighted by molar-refractivity contribution is 5.95. The van der Waals surface area contributed by atoms with Gasteiger partial charge in [-0.15, -0.1) is 0 Å². The first-order chi connectivity index (χ1) is 9.94. The van der Waals surface area contributed by atoms with Crippen molar-refractivity contribution < 1.29 is 19.7 Å². The number of phenols is 1. The molecule has 1 heterocycles. The van der Waals surface area contributed by atoms with Crippen molar-refractivity contribution in [1.29, 1.82) is 0 Å². The van der Waals surface area contributed by atoms with Crippen molar-refractivity contribution in [1.82, 2.24) is 0 Å². The average Bonchev–Trinajstić information content (AvgIpc) is 2.88. The molecule has 1 aliphatic heterocycles. The van der Waals surface area contributed by atoms with Crippen molar-refractivity contribution in [3.63, 3.8) is 0 Å². The van der Waals surface area contributed by atoms with Crippen LogP contribution in [0.1, 0.15) is 54.9 Å². The summed E-state index contributed by atoms with van der Waals surface area (Å²) in [6.07, 6.45) is 3.99. The van der Waals surface area contributed by atoms with Gasteiger partial charge >= 0.3 is 5.97 Å². The van der Waals surface area contributed by atoms with Gasteiger partial charge in [-0.1, -0.05) is 13.0 Å². The summed E-state index contributed by atoms with van der Waals surface area (Å²) in [5.41, 5.74) is 0.817. The van der Waals surface area contributed by atoms with E-state index < -0.39 is 5.60 Å². The summed E-state index contributed by atoms with van der Waals surface area (Å²) in [4.78, 5) is 12.1. The Hall–Kier alpha value is -1.55. The Morgan fingerprint density at radius 3 is 2.90 bits per heavy atom. The number of benzene rings is 1. The molecule has 112 valence electrons. The number of aliphatic hydroxyl groups is 1. The van der Waals surface area contributed by atoms with Crippen LogP contribution in [-0.2, 0) is 10.3 Å². The number of hydrogen-bond acceptors (Lipinski definition) is 4. The molecule has 4 nitrogen and oxygen atoms in total. The van der Waals surface area contributed by atoms with Gasteiger partial charge in [-0.2, -0.15) is 0 Å². The van der Waals surface area contributed by atoms with Crippen molar-refractivity contribution in [2.24, 2.45) is 11.3 Å². The number of carbonyl (C=O) groups is 1. The maximum absolute atomic E-state index is 12.1. The van der Waals surface area contributed by atoms with Gasteiger partial charge in [0.05, 0.1) is 11.7 Å². The monoisotopic (exact) mass is 288 g/mol. The lowest BCUT2D eigenvalue weighted by Crippen LogP contribution is -2.44. The van der Waals surface area contributed by atoms with Gasteiger partial charge in [0.25, 0.3) is 0 Å². The molecule has 1 spiro atoms. The summed E-state index contributed by atoms with van der Waals surface area (Å²) in [6, 6.07) is 4.95. The van der Waals surface area contributed by atoms with E-state index in [-0.39, 0.29) is 23.2 Å². The number of aromatic hydroxyl groups is 1. The molecule has 0 unspecified atom stereocenters. The summed E-state index contributed by atoms with van der Waals surface area (Å²) >= 11 is 0. The summed E-state index contributed by atoms with van der Waals surface area (Å²) in [5, 5.41) is 19.8. The zero-order chi connectivity index (χ0) is 14.8. The van der Waals surface area contributed by atoms with E-state index in [9.17, 15) is 15.0 Å². The maximum atomic E-state index is 12.1. The Morgan fingerprint density at radius 2 is 2.10 bits per heavy atom. The second kappa shape index (κ2) is 4.01. The van der Waals surface area contributed by atoms with E-state index in [0.717, 1.165) is 37.7 Å². The summed E-state index contributed by atoms with van der Waals surface area (Å²) < 4.78 is 5.77. The van der Waals surface area contributed by atoms with E-state index in [1.807, 2.05) is 6.07 Å². The molecule has 4 heteroatoms. The van der Waals surface area contributed by atoms with Crippen LogP contribution in [0.3, 0.4) is 0 Å². The van der Waals surface area contributed by atoms with Crippen molar-refractivity contribution in [2.75, 3.05) is 0 Å². The van der Waals surface area contributed by atoms with Gasteiger partial charge in [0, 0.05) is 5.56 Å². The molecule has 1 aromatic rings. The number of rotatable bonds is 0. The molecule has 2 saturated carbocycles. The van der Waals surface area contributed by atoms with Gasteiger partial charge in [-0.3, -0.25) is 0 Å². The van der Waals surface area contributed by atoms with Gasteiger partial charge in [-0.05, 0) is 55.6 Å². The molecule has 2 N–H and O–H groups in total. The molecule has 1 aromatic carbocycles. The molecular formula is C17H20O4. The molecule has 4 atom stereocenters. The van der Waals surface area contributed by atoms with Crippen LogP contribution in [-0.4, -0.2) is 22.3 Å². The molecule has 0 bridgehead atoms. The highest BCUT2D eigenvalue weighted by atomic mass is 16.6. The van der Waals surface area contributed by atoms with Gasteiger partial charge in [0.1, 0.15) is 11.4 Å². The zero-order valence-electron chi connectivity index (χ0n) is 12.1. The maximum Gasteiger partial charge on any atom is 0.339 e. The highest BCUT2D eigenvalue weighted by Crippen LogP contribution is 2.59. The Balaban J connectivity index is 1.74. The quantitative estimate of drug-likeness (QED) is 0.720. The van der Waals surface area contributed by atoms with Crippen LogP contribution in [0.5, 0.6) is 5.75 Å². The normalized spacial score (nSPS) is 41.0. The van der Waals surface area contributed by atoms with Crippen molar-refractivity contribution in [3.8, 4) is 5.75 Å². The average molecular weight is 288 g/mol. The number of hydrogen-bond donors (Lipinski definition) is 2. The molecule has 0 aromatic heterocycles. The van der Waals surface area contributed by atoms with Crippen molar-refractivity contribution in [2.45, 2.75) is 50.7 Å². The Labute approximate surface area is 123 Å². The van der Waals surface area contributed by atoms with Crippen molar-refractivity contribution in [3.05, 3.63) is 29.3 Å². The van der Waals surface area contributed by atoms with E-state index in [1.54, 1.807) is 6.07 Å². The lowest BCUT2D eigenvalue weighted by atomic mass is 9.62. The van der Waals surface area contributed by atoms with E-state index in [0.29, 0.717) is 11.5 Å². The predicted octanol–water partition coefficient (Wildman–Crippen LogP) is 2.72. The molecular weight excluding hydrogens is 268 g/mol. The summed E-state index contributed by atoms with van der Waals surface area (Å²) in [7, 11) is 0. The molecule has 2 fully saturated rings. The third kappa shape index (κ3) is 1.62. The van der Waals surface area contributed by atoms with Crippen LogP contribution >= 0.6 is 0 Å². The van der Waals surface area contributed by atoms with E-state index in [2.05, 4.69) is 6.92 Å². The second-order valence-corrected chi connectivity index (χ2v) is 7.11. The van der Waals surface area contributed by atoms with E-state index >= 15 is 0 Å². The van der Waals surface area contributed by atoms with Crippen LogP contribution in [0.15, 0.2) is 18.2 Å². The Kier molecular flexibility index (Phi) is 2.51. The molecule has 0 amide bonds. The number of fused-ring (bicyclic) bond motifs is 3. The minimum absolute atomic E-state index is 0.0443. The van der Waals surface area contributed by atoms with Crippen LogP contribution in [0, 0.1) is 11.3 Å². The molecule has 0 saturated heterocycles. The lowest BCUT2D eigenvalue weighted by molar-refractivity contribution is -0.0879. The largest absolute Gasteiger partial charge is 0.508 e. The van der Waals surface area contributed by atoms with Crippen LogP contribution in [0.25, 0.3) is 0 Å². The Bertz CT molecular complexity index is 625. The molecule has 2 aliphatic carbocycles. The standard InChI is InChI=1S/C17H20O4/c1-16-6-7-17(9-10(16)2-5-14(16)19)13-4-3-11(18)8-12(13)15(20)21-17/h3-4,8,10,14,18-19H,2,5-7,9H2,1H3/t10-,14+,16+,17-/m1/s1. The van der Waals surface area contributed by atoms with Gasteiger partial charge in [0.2, 0.25) is 0 Å². The lowest BCUT2D eigenvalue weighted by Gasteiger charge is -2.46. The van der Waals surface area contributed by atoms with Gasteiger partial charge in [0.15, 0.2) is 0 Å². The third-order valence-corrected chi connectivity index (χ3v) is 6.13. The number of esters is 1.